The number of ether oxygens (including phenoxy) is 3. The minimum atomic E-state index is -0.899. The summed E-state index contributed by atoms with van der Waals surface area (Å²) < 4.78 is 16.0. The fourth-order valence-electron chi connectivity index (χ4n) is 2.11. The third kappa shape index (κ3) is 7.25. The van der Waals surface area contributed by atoms with Crippen molar-refractivity contribution in [2.45, 2.75) is 13.0 Å². The van der Waals surface area contributed by atoms with Crippen LogP contribution in [0.1, 0.15) is 6.92 Å². The highest BCUT2D eigenvalue weighted by molar-refractivity contribution is 7.80. The first-order valence-corrected chi connectivity index (χ1v) is 9.73. The molecule has 0 heterocycles. The van der Waals surface area contributed by atoms with E-state index in [1.54, 1.807) is 36.4 Å². The molecule has 30 heavy (non-hydrogen) atoms. The van der Waals surface area contributed by atoms with Crippen molar-refractivity contribution in [3.63, 3.8) is 0 Å². The van der Waals surface area contributed by atoms with Crippen LogP contribution in [0.25, 0.3) is 0 Å². The largest absolute Gasteiger partial charge is 0.493 e. The molecule has 2 aromatic rings. The van der Waals surface area contributed by atoms with Gasteiger partial charge in [0.15, 0.2) is 29.3 Å². The van der Waals surface area contributed by atoms with Gasteiger partial charge in [0.25, 0.3) is 11.8 Å². The summed E-state index contributed by atoms with van der Waals surface area (Å²) in [7, 11) is 1.50. The SMILES string of the molecule is COc1ccccc1OCC(=O)NC(=S)NNC(=O)C(C)Oc1ccc(Cl)cc1Cl. The summed E-state index contributed by atoms with van der Waals surface area (Å²) in [5.41, 5.74) is 4.74. The van der Waals surface area contributed by atoms with E-state index in [1.807, 2.05) is 0 Å². The summed E-state index contributed by atoms with van der Waals surface area (Å²) in [6, 6.07) is 11.5. The van der Waals surface area contributed by atoms with Gasteiger partial charge in [-0.2, -0.15) is 0 Å². The Bertz CT molecular complexity index is 929. The molecule has 1 atom stereocenters. The highest BCUT2D eigenvalue weighted by Gasteiger charge is 2.17. The van der Waals surface area contributed by atoms with Crippen molar-refractivity contribution in [3.8, 4) is 17.2 Å². The summed E-state index contributed by atoms with van der Waals surface area (Å²) in [6.45, 7) is 1.22. The first-order valence-electron chi connectivity index (χ1n) is 8.57. The van der Waals surface area contributed by atoms with Gasteiger partial charge in [-0.1, -0.05) is 35.3 Å². The summed E-state index contributed by atoms with van der Waals surface area (Å²) in [4.78, 5) is 24.1. The lowest BCUT2D eigenvalue weighted by Gasteiger charge is -2.17. The van der Waals surface area contributed by atoms with E-state index in [-0.39, 0.29) is 16.7 Å². The number of hydrogen-bond donors (Lipinski definition) is 3. The van der Waals surface area contributed by atoms with E-state index in [4.69, 9.17) is 49.6 Å². The molecule has 0 aliphatic heterocycles. The van der Waals surface area contributed by atoms with E-state index in [9.17, 15) is 9.59 Å². The number of benzene rings is 2. The number of hydrazine groups is 1. The molecule has 3 N–H and O–H groups in total. The van der Waals surface area contributed by atoms with Gasteiger partial charge in [0.1, 0.15) is 5.75 Å². The molecule has 2 amide bonds. The lowest BCUT2D eigenvalue weighted by Crippen LogP contribution is -2.52. The first-order chi connectivity index (χ1) is 14.3. The molecular weight excluding hydrogens is 453 g/mol. The molecule has 2 aromatic carbocycles. The van der Waals surface area contributed by atoms with Gasteiger partial charge in [0.2, 0.25) is 0 Å². The predicted molar refractivity (Wildman–Crippen MR) is 117 cm³/mol. The van der Waals surface area contributed by atoms with Gasteiger partial charge in [-0.05, 0) is 49.5 Å². The molecule has 0 saturated carbocycles. The molecule has 0 aliphatic carbocycles. The van der Waals surface area contributed by atoms with Crippen LogP contribution in [0.4, 0.5) is 0 Å². The van der Waals surface area contributed by atoms with E-state index < -0.39 is 17.9 Å². The number of rotatable bonds is 7. The van der Waals surface area contributed by atoms with Crippen LogP contribution < -0.4 is 30.4 Å². The number of thiocarbonyl (C=S) groups is 1. The molecular formula is C19H19Cl2N3O5S. The van der Waals surface area contributed by atoms with Crippen LogP contribution in [0.15, 0.2) is 42.5 Å². The van der Waals surface area contributed by atoms with Gasteiger partial charge < -0.3 is 14.2 Å². The van der Waals surface area contributed by atoms with Crippen LogP contribution in [-0.4, -0.2) is 36.7 Å². The zero-order chi connectivity index (χ0) is 22.1. The Kier molecular flexibility index (Phi) is 8.97. The van der Waals surface area contributed by atoms with Gasteiger partial charge in [0.05, 0.1) is 12.1 Å². The van der Waals surface area contributed by atoms with Crippen LogP contribution in [0.3, 0.4) is 0 Å². The molecule has 2 rings (SSSR count). The minimum Gasteiger partial charge on any atom is -0.493 e. The Morgan fingerprint density at radius 1 is 1.07 bits per heavy atom. The fourth-order valence-corrected chi connectivity index (χ4v) is 2.73. The normalized spacial score (nSPS) is 11.1. The summed E-state index contributed by atoms with van der Waals surface area (Å²) in [5.74, 6) is 0.142. The molecule has 0 bridgehead atoms. The van der Waals surface area contributed by atoms with Crippen molar-refractivity contribution in [1.29, 1.82) is 0 Å². The van der Waals surface area contributed by atoms with Crippen molar-refractivity contribution in [2.24, 2.45) is 0 Å². The summed E-state index contributed by atoms with van der Waals surface area (Å²) >= 11 is 16.8. The molecule has 160 valence electrons. The first kappa shape index (κ1) is 23.5. The van der Waals surface area contributed by atoms with Crippen LogP contribution in [0.5, 0.6) is 17.2 Å². The van der Waals surface area contributed by atoms with Crippen molar-refractivity contribution in [3.05, 3.63) is 52.5 Å². The second kappa shape index (κ2) is 11.4. The van der Waals surface area contributed by atoms with Crippen molar-refractivity contribution < 1.29 is 23.8 Å². The highest BCUT2D eigenvalue weighted by atomic mass is 35.5. The second-order valence-corrected chi connectivity index (χ2v) is 7.02. The number of halogens is 2. The van der Waals surface area contributed by atoms with Crippen LogP contribution in [0, 0.1) is 0 Å². The topological polar surface area (TPSA) is 97.9 Å². The Balaban J connectivity index is 1.75. The van der Waals surface area contributed by atoms with Gasteiger partial charge in [-0.25, -0.2) is 0 Å². The maximum atomic E-state index is 12.1. The Morgan fingerprint density at radius 2 is 1.77 bits per heavy atom. The zero-order valence-electron chi connectivity index (χ0n) is 16.0. The third-order valence-electron chi connectivity index (χ3n) is 3.55. The van der Waals surface area contributed by atoms with Crippen molar-refractivity contribution >= 4 is 52.3 Å². The van der Waals surface area contributed by atoms with Crippen molar-refractivity contribution in [2.75, 3.05) is 13.7 Å². The molecule has 0 aliphatic rings. The molecule has 0 spiro atoms. The smallest absolute Gasteiger partial charge is 0.279 e. The number of nitrogens with one attached hydrogen (secondary N) is 3. The Labute approximate surface area is 188 Å². The zero-order valence-corrected chi connectivity index (χ0v) is 18.4. The third-order valence-corrected chi connectivity index (χ3v) is 4.28. The summed E-state index contributed by atoms with van der Waals surface area (Å²) in [6.07, 6.45) is -0.899. The quantitative estimate of drug-likeness (QED) is 0.421. The maximum absolute atomic E-state index is 12.1. The number of carbonyl (C=O) groups excluding carboxylic acids is 2. The number of para-hydroxylation sites is 2. The number of carbonyl (C=O) groups is 2. The second-order valence-electron chi connectivity index (χ2n) is 5.77. The van der Waals surface area contributed by atoms with E-state index in [1.165, 1.54) is 20.1 Å². The van der Waals surface area contributed by atoms with Gasteiger partial charge in [-0.3, -0.25) is 25.8 Å². The van der Waals surface area contributed by atoms with Crippen LogP contribution >= 0.6 is 35.4 Å². The lowest BCUT2D eigenvalue weighted by atomic mass is 10.3. The van der Waals surface area contributed by atoms with Gasteiger partial charge >= 0.3 is 0 Å². The predicted octanol–water partition coefficient (Wildman–Crippen LogP) is 2.87. The molecule has 8 nitrogen and oxygen atoms in total. The molecule has 0 fully saturated rings. The van der Waals surface area contributed by atoms with E-state index in [2.05, 4.69) is 16.2 Å². The summed E-state index contributed by atoms with van der Waals surface area (Å²) in [5, 5.41) is 2.97. The standard InChI is InChI=1S/C19H19Cl2N3O5S/c1-11(29-14-8-7-12(20)9-13(14)21)18(26)23-24-19(30)22-17(25)10-28-16-6-4-3-5-15(16)27-2/h3-9,11H,10H2,1-2H3,(H,23,26)(H2,22,24,25,30). The molecule has 1 unspecified atom stereocenters. The van der Waals surface area contributed by atoms with E-state index in [0.29, 0.717) is 22.3 Å². The van der Waals surface area contributed by atoms with E-state index >= 15 is 0 Å². The molecule has 0 saturated heterocycles. The van der Waals surface area contributed by atoms with Crippen LogP contribution in [-0.2, 0) is 9.59 Å². The van der Waals surface area contributed by atoms with Crippen LogP contribution in [0.2, 0.25) is 10.0 Å². The maximum Gasteiger partial charge on any atom is 0.279 e. The molecule has 11 heteroatoms. The number of hydrogen-bond acceptors (Lipinski definition) is 6. The Hall–Kier alpha value is -2.75. The average molecular weight is 472 g/mol. The monoisotopic (exact) mass is 471 g/mol. The van der Waals surface area contributed by atoms with Gasteiger partial charge in [-0.15, -0.1) is 0 Å². The van der Waals surface area contributed by atoms with Crippen molar-refractivity contribution in [1.82, 2.24) is 16.2 Å². The molecule has 0 radical (unpaired) electrons. The average Bonchev–Trinajstić information content (AvgIpc) is 2.72. The lowest BCUT2D eigenvalue weighted by molar-refractivity contribution is -0.128. The Morgan fingerprint density at radius 3 is 2.43 bits per heavy atom. The minimum absolute atomic E-state index is 0.117. The number of methoxy groups -OCH3 is 1. The van der Waals surface area contributed by atoms with Gasteiger partial charge in [0, 0.05) is 5.02 Å². The number of amides is 2. The molecule has 0 aromatic heterocycles. The fraction of sp³-hybridized carbons (Fsp3) is 0.211. The van der Waals surface area contributed by atoms with E-state index in [0.717, 1.165) is 0 Å². The highest BCUT2D eigenvalue weighted by Crippen LogP contribution is 2.28.